The number of carbonyl (C=O) groups excluding carboxylic acids is 1. The van der Waals surface area contributed by atoms with E-state index in [4.69, 9.17) is 14.6 Å². The molecule has 2 fully saturated rings. The minimum atomic E-state index is -0.833. The van der Waals surface area contributed by atoms with Gasteiger partial charge in [0, 0.05) is 57.5 Å². The molecule has 2 saturated heterocycles. The van der Waals surface area contributed by atoms with Gasteiger partial charge in [0.1, 0.15) is 0 Å². The Morgan fingerprint density at radius 1 is 1.13 bits per heavy atom. The summed E-state index contributed by atoms with van der Waals surface area (Å²) in [5, 5.41) is 13.8. The maximum Gasteiger partial charge on any atom is 0.300 e. The van der Waals surface area contributed by atoms with Crippen LogP contribution in [0.2, 0.25) is 0 Å². The van der Waals surface area contributed by atoms with Gasteiger partial charge < -0.3 is 25.4 Å². The number of piperazine rings is 1. The van der Waals surface area contributed by atoms with Crippen LogP contribution in [0.4, 0.5) is 5.69 Å². The van der Waals surface area contributed by atoms with Crippen molar-refractivity contribution in [1.82, 2.24) is 10.6 Å². The van der Waals surface area contributed by atoms with Crippen LogP contribution in [0.15, 0.2) is 48.5 Å². The third-order valence-electron chi connectivity index (χ3n) is 5.30. The number of carboxylic acid groups (broad SMARTS) is 1. The third-order valence-corrected chi connectivity index (χ3v) is 5.30. The summed E-state index contributed by atoms with van der Waals surface area (Å²) in [6, 6.07) is 16.4. The highest BCUT2D eigenvalue weighted by Crippen LogP contribution is 2.26. The summed E-state index contributed by atoms with van der Waals surface area (Å²) in [7, 11) is 0. The van der Waals surface area contributed by atoms with Gasteiger partial charge in [0.2, 0.25) is 0 Å². The number of anilines is 1. The number of nitrogens with one attached hydrogen (secondary N) is 2. The predicted octanol–water partition coefficient (Wildman–Crippen LogP) is 2.76. The molecular weight excluding hydrogens is 394 g/mol. The lowest BCUT2D eigenvalue weighted by atomic mass is 10.0. The molecule has 4 rings (SSSR count). The van der Waals surface area contributed by atoms with Crippen LogP contribution >= 0.6 is 0 Å². The Morgan fingerprint density at radius 2 is 1.81 bits per heavy atom. The molecular formula is C24H31N3O4. The van der Waals surface area contributed by atoms with Gasteiger partial charge in [0.25, 0.3) is 11.9 Å². The number of carbonyl (C=O) groups is 2. The maximum atomic E-state index is 12.5. The number of carboxylic acids is 1. The molecule has 1 amide bonds. The van der Waals surface area contributed by atoms with Crippen LogP contribution in [0.5, 0.6) is 0 Å². The average Bonchev–Trinajstić information content (AvgIpc) is 3.32. The molecule has 1 unspecified atom stereocenters. The van der Waals surface area contributed by atoms with Crippen molar-refractivity contribution in [1.29, 1.82) is 0 Å². The molecule has 1 atom stereocenters. The minimum absolute atomic E-state index is 0.0365. The average molecular weight is 426 g/mol. The van der Waals surface area contributed by atoms with Gasteiger partial charge in [-0.05, 0) is 48.2 Å². The molecule has 2 aliphatic heterocycles. The normalized spacial score (nSPS) is 18.1. The van der Waals surface area contributed by atoms with Crippen molar-refractivity contribution in [2.24, 2.45) is 0 Å². The Morgan fingerprint density at radius 3 is 2.48 bits per heavy atom. The van der Waals surface area contributed by atoms with E-state index >= 15 is 0 Å². The molecule has 2 aromatic rings. The highest BCUT2D eigenvalue weighted by molar-refractivity contribution is 5.95. The van der Waals surface area contributed by atoms with Crippen molar-refractivity contribution >= 4 is 17.6 Å². The molecule has 0 saturated carbocycles. The van der Waals surface area contributed by atoms with Crippen LogP contribution in [-0.4, -0.2) is 62.4 Å². The summed E-state index contributed by atoms with van der Waals surface area (Å²) in [5.74, 6) is -0.870. The predicted molar refractivity (Wildman–Crippen MR) is 122 cm³/mol. The van der Waals surface area contributed by atoms with E-state index < -0.39 is 5.97 Å². The highest BCUT2D eigenvalue weighted by Gasteiger charge is 2.17. The number of hydrogen-bond acceptors (Lipinski definition) is 5. The standard InChI is InChI=1S/C22H27N3O2.C2H4O2/c26-22(24-16-21-8-3-13-27-21)19-6-1-4-17(14-19)18-5-2-7-20(15-18)25-11-9-23-10-12-25;1-2(3)4/h1-2,4-7,14-15,21,23H,3,8-13,16H2,(H,24,26);1H3,(H,3,4). The summed E-state index contributed by atoms with van der Waals surface area (Å²) in [6.07, 6.45) is 2.27. The minimum Gasteiger partial charge on any atom is -0.481 e. The van der Waals surface area contributed by atoms with E-state index in [0.717, 1.165) is 63.7 Å². The van der Waals surface area contributed by atoms with Crippen molar-refractivity contribution in [2.75, 3.05) is 44.2 Å². The first-order valence-corrected chi connectivity index (χ1v) is 10.8. The molecule has 2 aromatic carbocycles. The molecule has 7 heteroatoms. The Balaban J connectivity index is 0.000000628. The fourth-order valence-electron chi connectivity index (χ4n) is 3.76. The van der Waals surface area contributed by atoms with Crippen LogP contribution < -0.4 is 15.5 Å². The number of hydrogen-bond donors (Lipinski definition) is 3. The lowest BCUT2D eigenvalue weighted by molar-refractivity contribution is -0.134. The van der Waals surface area contributed by atoms with E-state index in [2.05, 4.69) is 45.9 Å². The fraction of sp³-hybridized carbons (Fsp3) is 0.417. The van der Waals surface area contributed by atoms with Gasteiger partial charge in [0.05, 0.1) is 6.10 Å². The lowest BCUT2D eigenvalue weighted by Gasteiger charge is -2.29. The number of ether oxygens (including phenoxy) is 1. The highest BCUT2D eigenvalue weighted by atomic mass is 16.5. The molecule has 0 aliphatic carbocycles. The van der Waals surface area contributed by atoms with Crippen molar-refractivity contribution < 1.29 is 19.4 Å². The van der Waals surface area contributed by atoms with Gasteiger partial charge in [-0.2, -0.15) is 0 Å². The Hall–Kier alpha value is -2.90. The van der Waals surface area contributed by atoms with Gasteiger partial charge >= 0.3 is 0 Å². The third kappa shape index (κ3) is 7.08. The first-order chi connectivity index (χ1) is 15.0. The van der Waals surface area contributed by atoms with Crippen LogP contribution in [0, 0.1) is 0 Å². The molecule has 166 valence electrons. The van der Waals surface area contributed by atoms with Gasteiger partial charge in [-0.25, -0.2) is 0 Å². The summed E-state index contributed by atoms with van der Waals surface area (Å²) < 4.78 is 5.58. The zero-order valence-corrected chi connectivity index (χ0v) is 18.0. The monoisotopic (exact) mass is 425 g/mol. The topological polar surface area (TPSA) is 90.9 Å². The van der Waals surface area contributed by atoms with Gasteiger partial charge in [-0.3, -0.25) is 9.59 Å². The summed E-state index contributed by atoms with van der Waals surface area (Å²) in [4.78, 5) is 23.9. The number of rotatable bonds is 5. The Bertz CT molecular complexity index is 871. The van der Waals surface area contributed by atoms with Crippen molar-refractivity contribution in [2.45, 2.75) is 25.9 Å². The molecule has 2 heterocycles. The number of nitrogens with zero attached hydrogens (tertiary/aromatic N) is 1. The zero-order valence-electron chi connectivity index (χ0n) is 18.0. The second-order valence-corrected chi connectivity index (χ2v) is 7.73. The largest absolute Gasteiger partial charge is 0.481 e. The van der Waals surface area contributed by atoms with Crippen molar-refractivity contribution in [3.63, 3.8) is 0 Å². The van der Waals surface area contributed by atoms with E-state index in [1.54, 1.807) is 0 Å². The number of aliphatic carboxylic acids is 1. The van der Waals surface area contributed by atoms with E-state index in [1.807, 2.05) is 18.2 Å². The molecule has 0 radical (unpaired) electrons. The van der Waals surface area contributed by atoms with Gasteiger partial charge in [-0.1, -0.05) is 24.3 Å². The Labute approximate surface area is 183 Å². The molecule has 0 aromatic heterocycles. The van der Waals surface area contributed by atoms with Gasteiger partial charge in [-0.15, -0.1) is 0 Å². The number of amides is 1. The van der Waals surface area contributed by atoms with Crippen LogP contribution in [-0.2, 0) is 9.53 Å². The van der Waals surface area contributed by atoms with E-state index in [1.165, 1.54) is 5.69 Å². The summed E-state index contributed by atoms with van der Waals surface area (Å²) >= 11 is 0. The molecule has 3 N–H and O–H groups in total. The summed E-state index contributed by atoms with van der Waals surface area (Å²) in [6.45, 7) is 6.56. The molecule has 0 spiro atoms. The molecule has 2 aliphatic rings. The van der Waals surface area contributed by atoms with Gasteiger partial charge in [0.15, 0.2) is 0 Å². The Kier molecular flexibility index (Phi) is 8.44. The van der Waals surface area contributed by atoms with Crippen LogP contribution in [0.3, 0.4) is 0 Å². The van der Waals surface area contributed by atoms with Crippen molar-refractivity contribution in [3.05, 3.63) is 54.1 Å². The van der Waals surface area contributed by atoms with Crippen LogP contribution in [0.1, 0.15) is 30.1 Å². The fourth-order valence-corrected chi connectivity index (χ4v) is 3.76. The summed E-state index contributed by atoms with van der Waals surface area (Å²) in [5.41, 5.74) is 4.14. The van der Waals surface area contributed by atoms with E-state index in [9.17, 15) is 4.79 Å². The second kappa shape index (κ2) is 11.5. The first kappa shape index (κ1) is 22.8. The second-order valence-electron chi connectivity index (χ2n) is 7.73. The van der Waals surface area contributed by atoms with E-state index in [0.29, 0.717) is 12.1 Å². The number of benzene rings is 2. The maximum absolute atomic E-state index is 12.5. The molecule has 7 nitrogen and oxygen atoms in total. The van der Waals surface area contributed by atoms with E-state index in [-0.39, 0.29) is 12.0 Å². The van der Waals surface area contributed by atoms with Crippen molar-refractivity contribution in [3.8, 4) is 11.1 Å². The zero-order chi connectivity index (χ0) is 22.1. The quantitative estimate of drug-likeness (QED) is 0.683. The SMILES string of the molecule is CC(=O)O.O=C(NCC1CCCO1)c1cccc(-c2cccc(N3CCNCC3)c2)c1. The first-order valence-electron chi connectivity index (χ1n) is 10.8. The van der Waals surface area contributed by atoms with Crippen LogP contribution in [0.25, 0.3) is 11.1 Å². The smallest absolute Gasteiger partial charge is 0.300 e. The lowest BCUT2D eigenvalue weighted by Crippen LogP contribution is -2.43. The molecule has 0 bridgehead atoms. The molecule has 31 heavy (non-hydrogen) atoms.